The maximum Gasteiger partial charge on any atom is 0.339 e. The summed E-state index contributed by atoms with van der Waals surface area (Å²) in [5.41, 5.74) is 4.18. The molecule has 1 aromatic carbocycles. The van der Waals surface area contributed by atoms with E-state index in [2.05, 4.69) is 10.3 Å². The fraction of sp³-hybridized carbons (Fsp3) is 0.381. The highest BCUT2D eigenvalue weighted by Gasteiger charge is 2.33. The molecule has 0 aliphatic carbocycles. The van der Waals surface area contributed by atoms with Crippen LogP contribution in [0.25, 0.3) is 0 Å². The molecule has 7 heteroatoms. The Morgan fingerprint density at radius 2 is 1.89 bits per heavy atom. The van der Waals surface area contributed by atoms with Crippen molar-refractivity contribution >= 4 is 17.7 Å². The number of esters is 1. The van der Waals surface area contributed by atoms with Crippen molar-refractivity contribution in [1.29, 1.82) is 0 Å². The van der Waals surface area contributed by atoms with Gasteiger partial charge in [0.25, 0.3) is 0 Å². The maximum absolute atomic E-state index is 13.0. The van der Waals surface area contributed by atoms with Crippen molar-refractivity contribution in [3.63, 3.8) is 0 Å². The highest BCUT2D eigenvalue weighted by molar-refractivity contribution is 6.02. The first kappa shape index (κ1) is 19.8. The minimum atomic E-state index is -0.472. The van der Waals surface area contributed by atoms with Crippen molar-refractivity contribution < 1.29 is 19.1 Å². The van der Waals surface area contributed by atoms with E-state index in [0.717, 1.165) is 11.1 Å². The summed E-state index contributed by atoms with van der Waals surface area (Å²) in [6.45, 7) is 4.06. The average Bonchev–Trinajstić information content (AvgIpc) is 3.00. The van der Waals surface area contributed by atoms with Crippen molar-refractivity contribution in [2.45, 2.75) is 32.9 Å². The lowest BCUT2D eigenvalue weighted by atomic mass is 9.93. The van der Waals surface area contributed by atoms with E-state index in [9.17, 15) is 14.4 Å². The zero-order valence-electron chi connectivity index (χ0n) is 16.6. The lowest BCUT2D eigenvalue weighted by Gasteiger charge is -2.35. The van der Waals surface area contributed by atoms with Gasteiger partial charge in [0.1, 0.15) is 0 Å². The molecule has 1 atom stereocenters. The molecule has 1 aromatic heterocycles. The number of carbonyl (C=O) groups is 3. The zero-order chi connectivity index (χ0) is 20.4. The zero-order valence-corrected chi connectivity index (χ0v) is 16.6. The molecular weight excluding hydrogens is 358 g/mol. The average molecular weight is 383 g/mol. The SMILES string of the molecule is CNC(=O)C1Cc2ccccc2CN1CC(=O)c1[nH]c(C)c(C(=O)OC)c1C. The first-order valence-corrected chi connectivity index (χ1v) is 9.20. The number of nitrogens with zero attached hydrogens (tertiary/aromatic N) is 1. The van der Waals surface area contributed by atoms with Gasteiger partial charge in [0, 0.05) is 19.3 Å². The Labute approximate surface area is 164 Å². The fourth-order valence-electron chi connectivity index (χ4n) is 3.87. The molecule has 28 heavy (non-hydrogen) atoms. The molecule has 7 nitrogen and oxygen atoms in total. The van der Waals surface area contributed by atoms with Crippen molar-refractivity contribution in [1.82, 2.24) is 15.2 Å². The van der Waals surface area contributed by atoms with Gasteiger partial charge in [0.15, 0.2) is 5.78 Å². The number of benzene rings is 1. The van der Waals surface area contributed by atoms with E-state index < -0.39 is 12.0 Å². The minimum absolute atomic E-state index is 0.0772. The predicted molar refractivity (Wildman–Crippen MR) is 104 cm³/mol. The standard InChI is InChI=1S/C21H25N3O4/c1-12-18(21(27)28-4)13(2)23-19(12)17(25)11-24-10-15-8-6-5-7-14(15)9-16(24)20(26)22-3/h5-8,16,23H,9-11H2,1-4H3,(H,22,26). The summed E-state index contributed by atoms with van der Waals surface area (Å²) in [7, 11) is 2.92. The van der Waals surface area contributed by atoms with Crippen LogP contribution in [0.2, 0.25) is 0 Å². The van der Waals surface area contributed by atoms with E-state index in [4.69, 9.17) is 4.74 Å². The number of methoxy groups -OCH3 is 1. The van der Waals surface area contributed by atoms with Gasteiger partial charge in [-0.15, -0.1) is 0 Å². The molecule has 1 amide bonds. The molecule has 0 saturated carbocycles. The molecule has 1 aliphatic rings. The minimum Gasteiger partial charge on any atom is -0.465 e. The molecule has 0 fully saturated rings. The van der Waals surface area contributed by atoms with Crippen LogP contribution < -0.4 is 5.32 Å². The van der Waals surface area contributed by atoms with Gasteiger partial charge in [-0.05, 0) is 37.0 Å². The van der Waals surface area contributed by atoms with Gasteiger partial charge < -0.3 is 15.0 Å². The summed E-state index contributed by atoms with van der Waals surface area (Å²) in [5.74, 6) is -0.749. The monoisotopic (exact) mass is 383 g/mol. The number of hydrogen-bond donors (Lipinski definition) is 2. The van der Waals surface area contributed by atoms with Crippen LogP contribution in [0.3, 0.4) is 0 Å². The van der Waals surface area contributed by atoms with Crippen LogP contribution in [0.4, 0.5) is 0 Å². The Morgan fingerprint density at radius 3 is 2.54 bits per heavy atom. The van der Waals surface area contributed by atoms with Gasteiger partial charge in [-0.25, -0.2) is 4.79 Å². The molecule has 0 bridgehead atoms. The van der Waals surface area contributed by atoms with E-state index in [-0.39, 0.29) is 18.2 Å². The molecule has 0 saturated heterocycles. The smallest absolute Gasteiger partial charge is 0.339 e. The van der Waals surface area contributed by atoms with E-state index >= 15 is 0 Å². The summed E-state index contributed by atoms with van der Waals surface area (Å²) in [6, 6.07) is 7.54. The molecule has 148 valence electrons. The number of rotatable bonds is 5. The number of H-pyrrole nitrogens is 1. The van der Waals surface area contributed by atoms with E-state index in [1.807, 2.05) is 29.2 Å². The number of amides is 1. The number of aromatic nitrogens is 1. The topological polar surface area (TPSA) is 91.5 Å². The van der Waals surface area contributed by atoms with Crippen LogP contribution in [-0.2, 0) is 22.5 Å². The molecule has 3 rings (SSSR count). The van der Waals surface area contributed by atoms with Crippen LogP contribution in [-0.4, -0.2) is 54.3 Å². The third-order valence-corrected chi connectivity index (χ3v) is 5.35. The second-order valence-electron chi connectivity index (χ2n) is 7.05. The molecule has 0 spiro atoms. The Bertz CT molecular complexity index is 932. The molecule has 1 unspecified atom stereocenters. The number of Topliss-reactive ketones (excluding diaryl/α,β-unsaturated/α-hetero) is 1. The number of fused-ring (bicyclic) bond motifs is 1. The molecule has 1 aliphatic heterocycles. The van der Waals surface area contributed by atoms with Crippen LogP contribution in [0.5, 0.6) is 0 Å². The number of hydrogen-bond acceptors (Lipinski definition) is 5. The maximum atomic E-state index is 13.0. The largest absolute Gasteiger partial charge is 0.465 e. The first-order valence-electron chi connectivity index (χ1n) is 9.20. The van der Waals surface area contributed by atoms with Crippen molar-refractivity contribution in [2.24, 2.45) is 0 Å². The quantitative estimate of drug-likeness (QED) is 0.607. The van der Waals surface area contributed by atoms with Crippen LogP contribution in [0.15, 0.2) is 24.3 Å². The number of aryl methyl sites for hydroxylation is 1. The van der Waals surface area contributed by atoms with Gasteiger partial charge in [-0.2, -0.15) is 0 Å². The highest BCUT2D eigenvalue weighted by Crippen LogP contribution is 2.25. The van der Waals surface area contributed by atoms with Crippen molar-refractivity contribution in [2.75, 3.05) is 20.7 Å². The van der Waals surface area contributed by atoms with Crippen molar-refractivity contribution in [3.8, 4) is 0 Å². The first-order chi connectivity index (χ1) is 13.4. The lowest BCUT2D eigenvalue weighted by molar-refractivity contribution is -0.126. The number of ketones is 1. The van der Waals surface area contributed by atoms with E-state index in [1.165, 1.54) is 7.11 Å². The molecule has 2 heterocycles. The number of ether oxygens (including phenoxy) is 1. The highest BCUT2D eigenvalue weighted by atomic mass is 16.5. The number of likely N-dealkylation sites (N-methyl/N-ethyl adjacent to an activating group) is 1. The fourth-order valence-corrected chi connectivity index (χ4v) is 3.87. The van der Waals surface area contributed by atoms with Gasteiger partial charge in [-0.3, -0.25) is 14.5 Å². The third-order valence-electron chi connectivity index (χ3n) is 5.35. The number of nitrogens with one attached hydrogen (secondary N) is 2. The van der Waals surface area contributed by atoms with Crippen LogP contribution >= 0.6 is 0 Å². The Hall–Kier alpha value is -2.93. The Balaban J connectivity index is 1.88. The molecule has 2 aromatic rings. The third kappa shape index (κ3) is 3.57. The summed E-state index contributed by atoms with van der Waals surface area (Å²) >= 11 is 0. The Kier molecular flexibility index (Phi) is 5.65. The van der Waals surface area contributed by atoms with Gasteiger partial charge in [0.2, 0.25) is 5.91 Å². The number of carbonyl (C=O) groups excluding carboxylic acids is 3. The second kappa shape index (κ2) is 7.98. The van der Waals surface area contributed by atoms with Crippen LogP contribution in [0.1, 0.15) is 43.2 Å². The molecular formula is C21H25N3O4. The van der Waals surface area contributed by atoms with Crippen molar-refractivity contribution in [3.05, 3.63) is 57.9 Å². The normalized spacial score (nSPS) is 16.4. The number of aromatic amines is 1. The van der Waals surface area contributed by atoms with Gasteiger partial charge >= 0.3 is 5.97 Å². The van der Waals surface area contributed by atoms with Crippen LogP contribution in [0, 0.1) is 13.8 Å². The summed E-state index contributed by atoms with van der Waals surface area (Å²) < 4.78 is 4.81. The summed E-state index contributed by atoms with van der Waals surface area (Å²) in [4.78, 5) is 42.3. The summed E-state index contributed by atoms with van der Waals surface area (Å²) in [6.07, 6.45) is 0.555. The van der Waals surface area contributed by atoms with E-state index in [0.29, 0.717) is 35.5 Å². The van der Waals surface area contributed by atoms with Gasteiger partial charge in [-0.1, -0.05) is 24.3 Å². The predicted octanol–water partition coefficient (Wildman–Crippen LogP) is 1.77. The van der Waals surface area contributed by atoms with Gasteiger partial charge in [0.05, 0.1) is 31.0 Å². The molecule has 0 radical (unpaired) electrons. The molecule has 2 N–H and O–H groups in total. The summed E-state index contributed by atoms with van der Waals surface area (Å²) in [5, 5.41) is 2.69. The second-order valence-corrected chi connectivity index (χ2v) is 7.05. The Morgan fingerprint density at radius 1 is 1.21 bits per heavy atom. The lowest BCUT2D eigenvalue weighted by Crippen LogP contribution is -2.51. The van der Waals surface area contributed by atoms with E-state index in [1.54, 1.807) is 20.9 Å².